The smallest absolute Gasteiger partial charge is 0.0641 e. The molecule has 0 radical (unpaired) electrons. The fraction of sp³-hybridized carbons (Fsp3) is 0.0667. The summed E-state index contributed by atoms with van der Waals surface area (Å²) in [4.78, 5) is 0. The molecular formula is C135H96N6. The standard InChI is InChI=1S/3C45H32N2/c1-45(2)37-20-9-6-15-33(37)34-19-12-18-32(44(34)45)29-23-25-31(26-24-29)47-39-22-11-8-17-36(39)43-41(47)28-27-40-42(43)35-16-7-10-21-38(35)46(40)30-13-4-3-5-14-30;1-45(2)38-17-9-6-14-33(38)37-28-30(22-26-39(37)45)29-20-23-32(24-21-29)47-40-18-10-7-15-34(40)35-25-27-42-43(44(35)47)36-16-8-11-19-41(36)46(42)31-12-4-3-5-13-31;1-45(2)39-17-9-6-14-33(39)36-26-30(22-25-40(36)45)29-20-23-32(24-21-29)47-42-19-11-8-16-35(42)38-27-37-34-15-7-10-18-41(34)46(43(37)28-44(38)47)31-12-4-3-5-13-31/h3*3-28H,1-2H3. The second-order valence-corrected chi connectivity index (χ2v) is 40.1. The summed E-state index contributed by atoms with van der Waals surface area (Å²) < 4.78 is 14.6. The van der Waals surface area contributed by atoms with Gasteiger partial charge in [-0.2, -0.15) is 0 Å². The monoisotopic (exact) mass is 1800 g/mol. The average Bonchev–Trinajstić information content (AvgIpc) is 1.42. The van der Waals surface area contributed by atoms with Crippen molar-refractivity contribution >= 4 is 131 Å². The van der Waals surface area contributed by atoms with Crippen LogP contribution >= 0.6 is 0 Å². The molecule has 0 aliphatic heterocycles. The molecular weight excluding hydrogens is 1710 g/mol. The topological polar surface area (TPSA) is 29.6 Å². The van der Waals surface area contributed by atoms with Crippen molar-refractivity contribution in [1.29, 1.82) is 0 Å². The van der Waals surface area contributed by atoms with Gasteiger partial charge in [0.25, 0.3) is 0 Å². The van der Waals surface area contributed by atoms with Gasteiger partial charge in [0, 0.05) is 115 Å². The Labute approximate surface area is 817 Å². The van der Waals surface area contributed by atoms with Gasteiger partial charge in [-0.05, 0) is 252 Å². The average molecular weight is 1800 g/mol. The van der Waals surface area contributed by atoms with E-state index in [1.807, 2.05) is 0 Å². The lowest BCUT2D eigenvalue weighted by Gasteiger charge is -2.24. The Hall–Kier alpha value is -17.6. The number of hydrogen-bond acceptors (Lipinski definition) is 0. The van der Waals surface area contributed by atoms with Crippen LogP contribution in [0, 0.1) is 0 Å². The highest BCUT2D eigenvalue weighted by Gasteiger charge is 2.40. The molecule has 6 aromatic heterocycles. The van der Waals surface area contributed by atoms with E-state index in [1.165, 1.54) is 254 Å². The Morgan fingerprint density at radius 1 is 0.142 bits per heavy atom. The summed E-state index contributed by atoms with van der Waals surface area (Å²) in [6.45, 7) is 14.1. The molecule has 0 bridgehead atoms. The number of rotatable bonds is 9. The minimum atomic E-state index is -0.0572. The first-order valence-corrected chi connectivity index (χ1v) is 49.4. The lowest BCUT2D eigenvalue weighted by Crippen LogP contribution is -2.16. The van der Waals surface area contributed by atoms with Crippen LogP contribution in [0.2, 0.25) is 0 Å². The molecule has 666 valence electrons. The van der Waals surface area contributed by atoms with Crippen LogP contribution in [-0.4, -0.2) is 27.4 Å². The predicted molar refractivity (Wildman–Crippen MR) is 594 cm³/mol. The highest BCUT2D eigenvalue weighted by molar-refractivity contribution is 6.30. The molecule has 6 heteroatoms. The summed E-state index contributed by atoms with van der Waals surface area (Å²) in [5.74, 6) is 0. The molecule has 0 amide bonds. The molecule has 0 atom stereocenters. The number of para-hydroxylation sites is 9. The number of benzene rings is 21. The summed E-state index contributed by atoms with van der Waals surface area (Å²) in [5, 5.41) is 15.3. The summed E-state index contributed by atoms with van der Waals surface area (Å²) in [7, 11) is 0. The number of aromatic nitrogens is 6. The van der Waals surface area contributed by atoms with Crippen molar-refractivity contribution in [2.75, 3.05) is 0 Å². The summed E-state index contributed by atoms with van der Waals surface area (Å²) in [6.07, 6.45) is 0. The van der Waals surface area contributed by atoms with Crippen molar-refractivity contribution in [2.24, 2.45) is 0 Å². The second-order valence-electron chi connectivity index (χ2n) is 40.1. The van der Waals surface area contributed by atoms with Crippen LogP contribution in [-0.2, 0) is 16.2 Å². The minimum absolute atomic E-state index is 0.0137. The van der Waals surface area contributed by atoms with E-state index in [-0.39, 0.29) is 16.2 Å². The second kappa shape index (κ2) is 31.2. The molecule has 0 N–H and O–H groups in total. The van der Waals surface area contributed by atoms with E-state index in [1.54, 1.807) is 0 Å². The van der Waals surface area contributed by atoms with Gasteiger partial charge >= 0.3 is 0 Å². The number of fused-ring (bicyclic) bond motifs is 29. The quantitative estimate of drug-likeness (QED) is 0.138. The van der Waals surface area contributed by atoms with E-state index >= 15 is 0 Å². The van der Waals surface area contributed by atoms with E-state index in [9.17, 15) is 0 Å². The summed E-state index contributed by atoms with van der Waals surface area (Å²) >= 11 is 0. The van der Waals surface area contributed by atoms with Crippen LogP contribution in [0.1, 0.15) is 74.9 Å². The molecule has 21 aromatic carbocycles. The Morgan fingerprint density at radius 3 is 0.858 bits per heavy atom. The summed E-state index contributed by atoms with van der Waals surface area (Å²) in [6, 6.07) is 174. The highest BCUT2D eigenvalue weighted by atomic mass is 15.0. The molecule has 0 saturated carbocycles. The van der Waals surface area contributed by atoms with Crippen LogP contribution < -0.4 is 0 Å². The molecule has 0 unspecified atom stereocenters. The van der Waals surface area contributed by atoms with Crippen molar-refractivity contribution in [3.05, 3.63) is 507 Å². The summed E-state index contributed by atoms with van der Waals surface area (Å²) in [5.41, 5.74) is 45.8. The first-order chi connectivity index (χ1) is 69.3. The largest absolute Gasteiger partial charge is 0.309 e. The fourth-order valence-electron chi connectivity index (χ4n) is 25.1. The van der Waals surface area contributed by atoms with Crippen LogP contribution in [0.4, 0.5) is 0 Å². The SMILES string of the molecule is CC1(C)c2ccccc2-c2cc(-c3ccc(-n4c5ccccc5c5cc6c7ccccc7n(-c7ccccc7)c6cc54)cc3)ccc21.CC1(C)c2ccccc2-c2cc(-c3ccc(-n4c5ccccc5c5ccc6c(c7ccccc7n6-c6ccccc6)c54)cc3)ccc21.CC1(C)c2ccccc2-c2cccc(-c3ccc(-n4c5ccccc5c5c6c7ccccc7n(-c7ccccc7)c6ccc54)cc3)c21. The van der Waals surface area contributed by atoms with Gasteiger partial charge in [-0.25, -0.2) is 0 Å². The van der Waals surface area contributed by atoms with Gasteiger partial charge in [-0.3, -0.25) is 0 Å². The third-order valence-electron chi connectivity index (χ3n) is 31.6. The molecule has 0 fully saturated rings. The molecule has 30 rings (SSSR count). The van der Waals surface area contributed by atoms with E-state index in [0.29, 0.717) is 0 Å². The number of hydrogen-bond donors (Lipinski definition) is 0. The molecule has 3 aliphatic rings. The highest BCUT2D eigenvalue weighted by Crippen LogP contribution is 2.56. The molecule has 0 saturated heterocycles. The Morgan fingerprint density at radius 2 is 0.426 bits per heavy atom. The maximum absolute atomic E-state index is 2.47. The van der Waals surface area contributed by atoms with Crippen LogP contribution in [0.25, 0.3) is 232 Å². The van der Waals surface area contributed by atoms with E-state index in [4.69, 9.17) is 0 Å². The van der Waals surface area contributed by atoms with Crippen molar-refractivity contribution < 1.29 is 0 Å². The lowest BCUT2D eigenvalue weighted by atomic mass is 9.79. The molecule has 27 aromatic rings. The van der Waals surface area contributed by atoms with Crippen LogP contribution in [0.3, 0.4) is 0 Å². The molecule has 141 heavy (non-hydrogen) atoms. The van der Waals surface area contributed by atoms with Gasteiger partial charge in [0.15, 0.2) is 0 Å². The third-order valence-corrected chi connectivity index (χ3v) is 31.6. The van der Waals surface area contributed by atoms with E-state index in [0.717, 1.165) is 11.4 Å². The first-order valence-electron chi connectivity index (χ1n) is 49.4. The van der Waals surface area contributed by atoms with Gasteiger partial charge in [0.2, 0.25) is 0 Å². The number of nitrogens with zero attached hydrogens (tertiary/aromatic N) is 6. The normalized spacial score (nSPS) is 13.5. The van der Waals surface area contributed by atoms with E-state index in [2.05, 4.69) is 542 Å². The first kappa shape index (κ1) is 81.7. The Balaban J connectivity index is 0.000000104. The van der Waals surface area contributed by atoms with Gasteiger partial charge < -0.3 is 27.4 Å². The van der Waals surface area contributed by atoms with Crippen molar-refractivity contribution in [3.8, 4) is 101 Å². The maximum atomic E-state index is 2.47. The minimum Gasteiger partial charge on any atom is -0.309 e. The zero-order valence-electron chi connectivity index (χ0n) is 79.2. The Kier molecular flexibility index (Phi) is 18.1. The zero-order valence-corrected chi connectivity index (χ0v) is 79.2. The van der Waals surface area contributed by atoms with E-state index < -0.39 is 0 Å². The van der Waals surface area contributed by atoms with Gasteiger partial charge in [-0.15, -0.1) is 0 Å². The molecule has 6 nitrogen and oxygen atoms in total. The third kappa shape index (κ3) is 12.2. The van der Waals surface area contributed by atoms with Crippen LogP contribution in [0.15, 0.2) is 473 Å². The van der Waals surface area contributed by atoms with Gasteiger partial charge in [-0.1, -0.05) is 363 Å². The van der Waals surface area contributed by atoms with Crippen molar-refractivity contribution in [3.63, 3.8) is 0 Å². The van der Waals surface area contributed by atoms with Crippen LogP contribution in [0.5, 0.6) is 0 Å². The lowest BCUT2D eigenvalue weighted by molar-refractivity contribution is 0.660. The Bertz CT molecular complexity index is 9800. The maximum Gasteiger partial charge on any atom is 0.0641 e. The van der Waals surface area contributed by atoms with Crippen molar-refractivity contribution in [2.45, 2.75) is 57.8 Å². The zero-order chi connectivity index (χ0) is 93.8. The molecule has 3 aliphatic carbocycles. The molecule has 6 heterocycles. The van der Waals surface area contributed by atoms with Gasteiger partial charge in [0.1, 0.15) is 0 Å². The van der Waals surface area contributed by atoms with Crippen molar-refractivity contribution in [1.82, 2.24) is 27.4 Å². The predicted octanol–water partition coefficient (Wildman–Crippen LogP) is 35.6. The molecule has 0 spiro atoms. The van der Waals surface area contributed by atoms with Gasteiger partial charge in [0.05, 0.1) is 66.2 Å². The fourth-order valence-corrected chi connectivity index (χ4v) is 25.1.